The Kier molecular flexibility index (Phi) is 6.49. The van der Waals surface area contributed by atoms with Crippen LogP contribution in [0.3, 0.4) is 0 Å². The Hall–Kier alpha value is -1.43. The highest BCUT2D eigenvalue weighted by Gasteiger charge is 2.12. The minimum Gasteiger partial charge on any atom is -0.355 e. The van der Waals surface area contributed by atoms with Crippen LogP contribution in [0.15, 0.2) is 4.52 Å². The fourth-order valence-corrected chi connectivity index (χ4v) is 1.99. The van der Waals surface area contributed by atoms with E-state index in [0.29, 0.717) is 37.1 Å². The summed E-state index contributed by atoms with van der Waals surface area (Å²) >= 11 is 0. The van der Waals surface area contributed by atoms with Crippen molar-refractivity contribution in [3.8, 4) is 0 Å². The summed E-state index contributed by atoms with van der Waals surface area (Å²) in [5.74, 6) is 1.14. The van der Waals surface area contributed by atoms with Crippen molar-refractivity contribution in [3.63, 3.8) is 0 Å². The smallest absolute Gasteiger partial charge is 0.227 e. The molecule has 1 aromatic rings. The van der Waals surface area contributed by atoms with Gasteiger partial charge in [0.25, 0.3) is 0 Å². The van der Waals surface area contributed by atoms with Crippen LogP contribution in [0.1, 0.15) is 38.9 Å². The van der Waals surface area contributed by atoms with Gasteiger partial charge in [0, 0.05) is 25.4 Å². The third kappa shape index (κ3) is 5.38. The van der Waals surface area contributed by atoms with Gasteiger partial charge in [-0.3, -0.25) is 9.69 Å². The van der Waals surface area contributed by atoms with E-state index in [2.05, 4.69) is 41.1 Å². The van der Waals surface area contributed by atoms with E-state index in [0.717, 1.165) is 13.1 Å². The van der Waals surface area contributed by atoms with E-state index in [4.69, 9.17) is 4.52 Å². The summed E-state index contributed by atoms with van der Waals surface area (Å²) in [7, 11) is 0. The second kappa shape index (κ2) is 7.89. The van der Waals surface area contributed by atoms with Gasteiger partial charge in [0.15, 0.2) is 5.82 Å². The van der Waals surface area contributed by atoms with Crippen LogP contribution in [0, 0.1) is 6.92 Å². The van der Waals surface area contributed by atoms with Crippen molar-refractivity contribution in [1.82, 2.24) is 20.4 Å². The number of nitrogens with one attached hydrogen (secondary N) is 1. The normalized spacial score (nSPS) is 12.7. The molecule has 0 saturated heterocycles. The molecular formula is C13H24N4O2. The summed E-state index contributed by atoms with van der Waals surface area (Å²) in [5.41, 5.74) is 0. The molecule has 19 heavy (non-hydrogen) atoms. The van der Waals surface area contributed by atoms with Crippen LogP contribution in [0.25, 0.3) is 0 Å². The summed E-state index contributed by atoms with van der Waals surface area (Å²) in [6, 6.07) is 0.351. The standard InChI is InChI=1S/C13H24N4O2/c1-5-17(6-2)10(3)9-14-12(18)7-8-13-15-11(4)16-19-13/h10H,5-9H2,1-4H3,(H,14,18). The Balaban J connectivity index is 2.24. The van der Waals surface area contributed by atoms with Gasteiger partial charge in [0.2, 0.25) is 11.8 Å². The van der Waals surface area contributed by atoms with Crippen molar-refractivity contribution in [2.45, 2.75) is 46.6 Å². The lowest BCUT2D eigenvalue weighted by Crippen LogP contribution is -2.42. The highest BCUT2D eigenvalue weighted by Crippen LogP contribution is 2.00. The second-order valence-electron chi connectivity index (χ2n) is 4.61. The third-order valence-corrected chi connectivity index (χ3v) is 3.17. The first kappa shape index (κ1) is 15.6. The molecule has 108 valence electrons. The van der Waals surface area contributed by atoms with Gasteiger partial charge in [0.1, 0.15) is 0 Å². The van der Waals surface area contributed by atoms with Crippen molar-refractivity contribution >= 4 is 5.91 Å². The van der Waals surface area contributed by atoms with E-state index < -0.39 is 0 Å². The van der Waals surface area contributed by atoms with Crippen molar-refractivity contribution in [2.75, 3.05) is 19.6 Å². The zero-order valence-electron chi connectivity index (χ0n) is 12.3. The van der Waals surface area contributed by atoms with Gasteiger partial charge in [-0.25, -0.2) is 0 Å². The molecule has 0 aromatic carbocycles. The summed E-state index contributed by atoms with van der Waals surface area (Å²) in [4.78, 5) is 18.1. The number of carbonyl (C=O) groups is 1. The number of likely N-dealkylation sites (N-methyl/N-ethyl adjacent to an activating group) is 1. The van der Waals surface area contributed by atoms with Crippen LogP contribution in [0.4, 0.5) is 0 Å². The lowest BCUT2D eigenvalue weighted by atomic mass is 10.2. The predicted molar refractivity (Wildman–Crippen MR) is 72.7 cm³/mol. The van der Waals surface area contributed by atoms with Gasteiger partial charge in [-0.1, -0.05) is 19.0 Å². The number of aryl methyl sites for hydroxylation is 2. The molecule has 1 atom stereocenters. The van der Waals surface area contributed by atoms with E-state index in [1.54, 1.807) is 6.92 Å². The maximum absolute atomic E-state index is 11.7. The fourth-order valence-electron chi connectivity index (χ4n) is 1.99. The first-order valence-corrected chi connectivity index (χ1v) is 6.86. The van der Waals surface area contributed by atoms with E-state index in [-0.39, 0.29) is 5.91 Å². The average Bonchev–Trinajstić information content (AvgIpc) is 2.81. The van der Waals surface area contributed by atoms with Crippen LogP contribution < -0.4 is 5.32 Å². The molecule has 6 heteroatoms. The Morgan fingerprint density at radius 2 is 2.11 bits per heavy atom. The molecule has 0 spiro atoms. The van der Waals surface area contributed by atoms with Crippen molar-refractivity contribution < 1.29 is 9.32 Å². The molecule has 0 aliphatic carbocycles. The minimum atomic E-state index is 0.0230. The Morgan fingerprint density at radius 3 is 2.63 bits per heavy atom. The van der Waals surface area contributed by atoms with Crippen molar-refractivity contribution in [3.05, 3.63) is 11.7 Å². The van der Waals surface area contributed by atoms with Gasteiger partial charge in [-0.15, -0.1) is 0 Å². The van der Waals surface area contributed by atoms with Crippen molar-refractivity contribution in [2.24, 2.45) is 0 Å². The molecule has 1 unspecified atom stereocenters. The number of amides is 1. The molecule has 0 aliphatic rings. The molecule has 1 rings (SSSR count). The third-order valence-electron chi connectivity index (χ3n) is 3.17. The van der Waals surface area contributed by atoms with E-state index >= 15 is 0 Å². The van der Waals surface area contributed by atoms with Gasteiger partial charge < -0.3 is 9.84 Å². The molecule has 0 bridgehead atoms. The Labute approximate surface area is 114 Å². The van der Waals surface area contributed by atoms with Crippen LogP contribution in [0.2, 0.25) is 0 Å². The summed E-state index contributed by atoms with van der Waals surface area (Å²) in [6.45, 7) is 10.8. The molecule has 1 heterocycles. The SMILES string of the molecule is CCN(CC)C(C)CNC(=O)CCc1nc(C)no1. The summed E-state index contributed by atoms with van der Waals surface area (Å²) in [5, 5.41) is 6.63. The van der Waals surface area contributed by atoms with Crippen LogP contribution >= 0.6 is 0 Å². The predicted octanol–water partition coefficient (Wildman–Crippen LogP) is 1.16. The number of hydrogen-bond acceptors (Lipinski definition) is 5. The average molecular weight is 268 g/mol. The zero-order chi connectivity index (χ0) is 14.3. The molecule has 0 aliphatic heterocycles. The van der Waals surface area contributed by atoms with Gasteiger partial charge in [0.05, 0.1) is 0 Å². The fraction of sp³-hybridized carbons (Fsp3) is 0.769. The minimum absolute atomic E-state index is 0.0230. The molecular weight excluding hydrogens is 244 g/mol. The number of rotatable bonds is 8. The van der Waals surface area contributed by atoms with E-state index in [1.807, 2.05) is 0 Å². The molecule has 6 nitrogen and oxygen atoms in total. The van der Waals surface area contributed by atoms with Crippen LogP contribution in [-0.2, 0) is 11.2 Å². The zero-order valence-corrected chi connectivity index (χ0v) is 12.3. The van der Waals surface area contributed by atoms with Crippen LogP contribution in [0.5, 0.6) is 0 Å². The first-order chi connectivity index (χ1) is 9.06. The lowest BCUT2D eigenvalue weighted by Gasteiger charge is -2.26. The summed E-state index contributed by atoms with van der Waals surface area (Å²) in [6.07, 6.45) is 0.874. The molecule has 0 fully saturated rings. The molecule has 0 radical (unpaired) electrons. The van der Waals surface area contributed by atoms with Crippen molar-refractivity contribution in [1.29, 1.82) is 0 Å². The number of hydrogen-bond donors (Lipinski definition) is 1. The lowest BCUT2D eigenvalue weighted by molar-refractivity contribution is -0.121. The molecule has 1 N–H and O–H groups in total. The number of nitrogens with zero attached hydrogens (tertiary/aromatic N) is 3. The van der Waals surface area contributed by atoms with Crippen LogP contribution in [-0.4, -0.2) is 46.6 Å². The second-order valence-corrected chi connectivity index (χ2v) is 4.61. The largest absolute Gasteiger partial charge is 0.355 e. The first-order valence-electron chi connectivity index (χ1n) is 6.86. The highest BCUT2D eigenvalue weighted by molar-refractivity contribution is 5.76. The number of carbonyl (C=O) groups excluding carboxylic acids is 1. The molecule has 1 amide bonds. The summed E-state index contributed by atoms with van der Waals surface area (Å²) < 4.78 is 4.96. The highest BCUT2D eigenvalue weighted by atomic mass is 16.5. The molecule has 0 saturated carbocycles. The topological polar surface area (TPSA) is 71.3 Å². The monoisotopic (exact) mass is 268 g/mol. The van der Waals surface area contributed by atoms with E-state index in [1.165, 1.54) is 0 Å². The Morgan fingerprint density at radius 1 is 1.42 bits per heavy atom. The van der Waals surface area contributed by atoms with E-state index in [9.17, 15) is 4.79 Å². The van der Waals surface area contributed by atoms with Gasteiger partial charge >= 0.3 is 0 Å². The number of aromatic nitrogens is 2. The maximum atomic E-state index is 11.7. The van der Waals surface area contributed by atoms with Gasteiger partial charge in [-0.05, 0) is 26.9 Å². The maximum Gasteiger partial charge on any atom is 0.227 e. The molecule has 1 aromatic heterocycles. The van der Waals surface area contributed by atoms with Gasteiger partial charge in [-0.2, -0.15) is 4.98 Å². The quantitative estimate of drug-likeness (QED) is 0.766. The Bertz CT molecular complexity index is 388.